The van der Waals surface area contributed by atoms with Gasteiger partial charge in [0.1, 0.15) is 0 Å². The van der Waals surface area contributed by atoms with E-state index in [-0.39, 0.29) is 12.4 Å². The molecule has 0 aliphatic carbocycles. The third kappa shape index (κ3) is 4.33. The Morgan fingerprint density at radius 3 is 2.52 bits per heavy atom. The van der Waals surface area contributed by atoms with E-state index in [1.165, 1.54) is 3.57 Å². The molecule has 2 saturated heterocycles. The van der Waals surface area contributed by atoms with Crippen molar-refractivity contribution in [3.63, 3.8) is 0 Å². The van der Waals surface area contributed by atoms with Crippen LogP contribution >= 0.6 is 35.0 Å². The quantitative estimate of drug-likeness (QED) is 0.746. The summed E-state index contributed by atoms with van der Waals surface area (Å²) in [5.74, 6) is 1.86. The van der Waals surface area contributed by atoms with E-state index in [1.54, 1.807) is 0 Å². The van der Waals surface area contributed by atoms with Crippen LogP contribution in [0.4, 0.5) is 0 Å². The van der Waals surface area contributed by atoms with Gasteiger partial charge in [0.05, 0.1) is 6.42 Å². The Labute approximate surface area is 146 Å². The molecule has 2 atom stereocenters. The molecule has 21 heavy (non-hydrogen) atoms. The summed E-state index contributed by atoms with van der Waals surface area (Å²) in [7, 11) is 0. The van der Waals surface area contributed by atoms with Crippen LogP contribution in [0, 0.1) is 15.4 Å². The van der Waals surface area contributed by atoms with Gasteiger partial charge in [-0.1, -0.05) is 12.1 Å². The molecule has 2 aliphatic heterocycles. The fourth-order valence-electron chi connectivity index (χ4n) is 3.40. The molecular formula is C16H22ClIN2O. The molecule has 3 nitrogen and oxygen atoms in total. The number of rotatable bonds is 2. The van der Waals surface area contributed by atoms with Crippen LogP contribution in [-0.2, 0) is 11.2 Å². The molecular weight excluding hydrogens is 399 g/mol. The molecule has 1 amide bonds. The molecule has 2 fully saturated rings. The van der Waals surface area contributed by atoms with Crippen molar-refractivity contribution in [2.75, 3.05) is 26.2 Å². The first kappa shape index (κ1) is 17.0. The van der Waals surface area contributed by atoms with E-state index in [9.17, 15) is 4.79 Å². The highest BCUT2D eigenvalue weighted by Crippen LogP contribution is 2.27. The van der Waals surface area contributed by atoms with E-state index in [0.717, 1.165) is 56.4 Å². The van der Waals surface area contributed by atoms with E-state index in [4.69, 9.17) is 0 Å². The third-order valence-electron chi connectivity index (χ3n) is 4.62. The van der Waals surface area contributed by atoms with Gasteiger partial charge in [0.25, 0.3) is 0 Å². The summed E-state index contributed by atoms with van der Waals surface area (Å²) in [6.45, 7) is 4.16. The number of hydrogen-bond donors (Lipinski definition) is 1. The second-order valence-electron chi connectivity index (χ2n) is 5.94. The molecule has 0 spiro atoms. The monoisotopic (exact) mass is 420 g/mol. The van der Waals surface area contributed by atoms with E-state index in [0.29, 0.717) is 12.3 Å². The lowest BCUT2D eigenvalue weighted by atomic mass is 9.92. The van der Waals surface area contributed by atoms with Crippen molar-refractivity contribution in [3.05, 3.63) is 33.4 Å². The van der Waals surface area contributed by atoms with Crippen molar-refractivity contribution in [2.45, 2.75) is 19.3 Å². The molecule has 2 aliphatic rings. The Morgan fingerprint density at radius 1 is 1.24 bits per heavy atom. The van der Waals surface area contributed by atoms with Gasteiger partial charge < -0.3 is 10.2 Å². The zero-order chi connectivity index (χ0) is 13.9. The number of nitrogens with zero attached hydrogens (tertiary/aromatic N) is 1. The minimum absolute atomic E-state index is 0. The number of nitrogens with one attached hydrogen (secondary N) is 1. The molecule has 0 radical (unpaired) electrons. The van der Waals surface area contributed by atoms with Crippen molar-refractivity contribution in [2.24, 2.45) is 11.8 Å². The highest BCUT2D eigenvalue weighted by Gasteiger charge is 2.31. The maximum absolute atomic E-state index is 12.5. The van der Waals surface area contributed by atoms with E-state index >= 15 is 0 Å². The van der Waals surface area contributed by atoms with E-state index in [1.807, 2.05) is 6.07 Å². The maximum Gasteiger partial charge on any atom is 0.226 e. The van der Waals surface area contributed by atoms with Gasteiger partial charge in [0.15, 0.2) is 0 Å². The number of benzene rings is 1. The number of fused-ring (bicyclic) bond motifs is 1. The largest absolute Gasteiger partial charge is 0.342 e. The maximum atomic E-state index is 12.5. The molecule has 5 heteroatoms. The standard InChI is InChI=1S/C16H21IN2O.ClH/c17-15-3-1-2-12(8-15)9-16(20)19-6-4-13-10-18-11-14(13)5-7-19;/h1-3,8,13-14,18H,4-7,9-11H2;1H/t13-,14+;. The van der Waals surface area contributed by atoms with Gasteiger partial charge in [-0.25, -0.2) is 0 Å². The fraction of sp³-hybridized carbons (Fsp3) is 0.562. The first-order valence-corrected chi connectivity index (χ1v) is 8.53. The van der Waals surface area contributed by atoms with Gasteiger partial charge in [-0.15, -0.1) is 12.4 Å². The lowest BCUT2D eigenvalue weighted by Gasteiger charge is -2.21. The SMILES string of the molecule is Cl.O=C(Cc1cccc(I)c1)N1CC[C@@H]2CNC[C@@H]2CC1. The van der Waals surface area contributed by atoms with Crippen LogP contribution in [0.2, 0.25) is 0 Å². The Kier molecular flexibility index (Phi) is 6.32. The summed E-state index contributed by atoms with van der Waals surface area (Å²) in [5.41, 5.74) is 1.13. The van der Waals surface area contributed by atoms with Crippen LogP contribution in [-0.4, -0.2) is 37.0 Å². The van der Waals surface area contributed by atoms with Crippen LogP contribution < -0.4 is 5.32 Å². The molecule has 2 heterocycles. The Bertz CT molecular complexity index is 483. The molecule has 0 saturated carbocycles. The minimum Gasteiger partial charge on any atom is -0.342 e. The smallest absolute Gasteiger partial charge is 0.226 e. The Morgan fingerprint density at radius 2 is 1.90 bits per heavy atom. The van der Waals surface area contributed by atoms with Crippen LogP contribution in [0.15, 0.2) is 24.3 Å². The fourth-order valence-corrected chi connectivity index (χ4v) is 4.01. The summed E-state index contributed by atoms with van der Waals surface area (Å²) in [5, 5.41) is 3.48. The lowest BCUT2D eigenvalue weighted by Crippen LogP contribution is -2.33. The number of halogens is 2. The molecule has 116 valence electrons. The van der Waals surface area contributed by atoms with Crippen LogP contribution in [0.25, 0.3) is 0 Å². The molecule has 1 N–H and O–H groups in total. The zero-order valence-corrected chi connectivity index (χ0v) is 15.0. The van der Waals surface area contributed by atoms with Gasteiger partial charge >= 0.3 is 0 Å². The first-order valence-electron chi connectivity index (χ1n) is 7.45. The van der Waals surface area contributed by atoms with Crippen LogP contribution in [0.3, 0.4) is 0 Å². The molecule has 0 aromatic heterocycles. The number of hydrogen-bond acceptors (Lipinski definition) is 2. The van der Waals surface area contributed by atoms with Crippen molar-refractivity contribution in [1.29, 1.82) is 0 Å². The lowest BCUT2D eigenvalue weighted by molar-refractivity contribution is -0.130. The summed E-state index contributed by atoms with van der Waals surface area (Å²) in [6.07, 6.45) is 2.87. The normalized spacial score (nSPS) is 24.9. The molecule has 1 aromatic rings. The van der Waals surface area contributed by atoms with Crippen LogP contribution in [0.1, 0.15) is 18.4 Å². The van der Waals surface area contributed by atoms with Crippen molar-refractivity contribution >= 4 is 40.9 Å². The first-order chi connectivity index (χ1) is 9.72. The molecule has 1 aromatic carbocycles. The summed E-state index contributed by atoms with van der Waals surface area (Å²) < 4.78 is 1.20. The Hall–Kier alpha value is -0.330. The topological polar surface area (TPSA) is 32.3 Å². The number of carbonyl (C=O) groups is 1. The van der Waals surface area contributed by atoms with Crippen molar-refractivity contribution < 1.29 is 4.79 Å². The van der Waals surface area contributed by atoms with Crippen molar-refractivity contribution in [1.82, 2.24) is 10.2 Å². The molecule has 0 unspecified atom stereocenters. The highest BCUT2D eigenvalue weighted by molar-refractivity contribution is 14.1. The van der Waals surface area contributed by atoms with Gasteiger partial charge in [0, 0.05) is 16.7 Å². The molecule has 3 rings (SSSR count). The predicted molar refractivity (Wildman–Crippen MR) is 95.8 cm³/mol. The second kappa shape index (κ2) is 7.79. The Balaban J connectivity index is 0.00000161. The number of amides is 1. The minimum atomic E-state index is 0. The summed E-state index contributed by atoms with van der Waals surface area (Å²) in [4.78, 5) is 14.5. The van der Waals surface area contributed by atoms with E-state index in [2.05, 4.69) is 51.0 Å². The number of carbonyl (C=O) groups excluding carboxylic acids is 1. The van der Waals surface area contributed by atoms with Crippen molar-refractivity contribution in [3.8, 4) is 0 Å². The zero-order valence-electron chi connectivity index (χ0n) is 12.1. The summed E-state index contributed by atoms with van der Waals surface area (Å²) >= 11 is 2.30. The van der Waals surface area contributed by atoms with Gasteiger partial charge in [-0.2, -0.15) is 0 Å². The van der Waals surface area contributed by atoms with Gasteiger partial charge in [0.2, 0.25) is 5.91 Å². The number of likely N-dealkylation sites (tertiary alicyclic amines) is 1. The average molecular weight is 421 g/mol. The third-order valence-corrected chi connectivity index (χ3v) is 5.29. The molecule has 0 bridgehead atoms. The highest BCUT2D eigenvalue weighted by atomic mass is 127. The average Bonchev–Trinajstić information content (AvgIpc) is 2.77. The second-order valence-corrected chi connectivity index (χ2v) is 7.19. The van der Waals surface area contributed by atoms with Gasteiger partial charge in [-0.05, 0) is 78.1 Å². The summed E-state index contributed by atoms with van der Waals surface area (Å²) in [6, 6.07) is 8.25. The van der Waals surface area contributed by atoms with Crippen LogP contribution in [0.5, 0.6) is 0 Å². The van der Waals surface area contributed by atoms with E-state index < -0.39 is 0 Å². The van der Waals surface area contributed by atoms with Gasteiger partial charge in [-0.3, -0.25) is 4.79 Å². The predicted octanol–water partition coefficient (Wildman–Crippen LogP) is 2.71.